The highest BCUT2D eigenvalue weighted by molar-refractivity contribution is 7.22. The van der Waals surface area contributed by atoms with Crippen LogP contribution in [-0.2, 0) is 6.54 Å². The lowest BCUT2D eigenvalue weighted by molar-refractivity contribution is 0.348. The Balaban J connectivity index is 1.32. The molecule has 1 aliphatic rings. The van der Waals surface area contributed by atoms with Gasteiger partial charge in [-0.3, -0.25) is 4.68 Å². The molecule has 2 aromatic heterocycles. The van der Waals surface area contributed by atoms with Crippen molar-refractivity contribution < 1.29 is 0 Å². The Kier molecular flexibility index (Phi) is 4.87. The molecule has 0 saturated carbocycles. The molecule has 3 heterocycles. The molecule has 25 heavy (non-hydrogen) atoms. The molecule has 0 spiro atoms. The molecule has 0 amide bonds. The van der Waals surface area contributed by atoms with Gasteiger partial charge in [0.2, 0.25) is 0 Å². The summed E-state index contributed by atoms with van der Waals surface area (Å²) >= 11 is 7.81. The van der Waals surface area contributed by atoms with E-state index >= 15 is 0 Å². The number of hydrogen-bond acceptors (Lipinski definition) is 6. The molecule has 0 bridgehead atoms. The van der Waals surface area contributed by atoms with Crippen molar-refractivity contribution in [1.29, 1.82) is 0 Å². The fourth-order valence-corrected chi connectivity index (χ4v) is 4.61. The number of thiazole rings is 1. The predicted octanol–water partition coefficient (Wildman–Crippen LogP) is 3.19. The Morgan fingerprint density at radius 1 is 1.36 bits per heavy atom. The number of benzene rings is 1. The van der Waals surface area contributed by atoms with Crippen molar-refractivity contribution in [2.24, 2.45) is 0 Å². The molecule has 6 nitrogen and oxygen atoms in total. The standard InChI is InChI=1S/C17H21ClN6S/c1-12(9-24-11-19-10-20-24)21-14-4-6-23(7-5-14)17-22-15-3-2-13(18)8-16(15)25-17/h2-3,8,10-12,14,21H,4-7,9H2,1H3/t12-/m1/s1. The molecule has 8 heteroatoms. The molecule has 0 aliphatic carbocycles. The second-order valence-corrected chi connectivity index (χ2v) is 8.00. The number of hydrogen-bond donors (Lipinski definition) is 1. The van der Waals surface area contributed by atoms with E-state index < -0.39 is 0 Å². The van der Waals surface area contributed by atoms with Gasteiger partial charge < -0.3 is 10.2 Å². The van der Waals surface area contributed by atoms with Crippen molar-refractivity contribution in [3.63, 3.8) is 0 Å². The maximum Gasteiger partial charge on any atom is 0.186 e. The first-order valence-corrected chi connectivity index (χ1v) is 9.76. The molecule has 1 saturated heterocycles. The lowest BCUT2D eigenvalue weighted by atomic mass is 10.0. The van der Waals surface area contributed by atoms with Gasteiger partial charge in [0.1, 0.15) is 12.7 Å². The number of rotatable bonds is 5. The molecule has 4 rings (SSSR count). The third-order valence-corrected chi connectivity index (χ3v) is 5.87. The van der Waals surface area contributed by atoms with E-state index in [4.69, 9.17) is 16.6 Å². The lowest BCUT2D eigenvalue weighted by Crippen LogP contribution is -2.46. The van der Waals surface area contributed by atoms with E-state index in [1.54, 1.807) is 24.0 Å². The minimum atomic E-state index is 0.378. The summed E-state index contributed by atoms with van der Waals surface area (Å²) in [5.74, 6) is 0. The first kappa shape index (κ1) is 16.8. The number of aromatic nitrogens is 4. The molecule has 0 unspecified atom stereocenters. The van der Waals surface area contributed by atoms with Gasteiger partial charge in [0.25, 0.3) is 0 Å². The molecule has 0 radical (unpaired) electrons. The molecule has 132 valence electrons. The monoisotopic (exact) mass is 376 g/mol. The van der Waals surface area contributed by atoms with Crippen LogP contribution in [0.15, 0.2) is 30.9 Å². The van der Waals surface area contributed by atoms with Gasteiger partial charge in [-0.2, -0.15) is 5.10 Å². The molecule has 1 atom stereocenters. The van der Waals surface area contributed by atoms with Crippen LogP contribution in [-0.4, -0.2) is 44.9 Å². The third kappa shape index (κ3) is 3.94. The van der Waals surface area contributed by atoms with Gasteiger partial charge in [0.05, 0.1) is 16.8 Å². The highest BCUT2D eigenvalue weighted by atomic mass is 35.5. The smallest absolute Gasteiger partial charge is 0.186 e. The van der Waals surface area contributed by atoms with Gasteiger partial charge in [0, 0.05) is 30.2 Å². The minimum absolute atomic E-state index is 0.378. The number of nitrogens with one attached hydrogen (secondary N) is 1. The number of nitrogens with zero attached hydrogens (tertiary/aromatic N) is 5. The molecule has 3 aromatic rings. The maximum atomic E-state index is 6.08. The van der Waals surface area contributed by atoms with E-state index in [9.17, 15) is 0 Å². The summed E-state index contributed by atoms with van der Waals surface area (Å²) < 4.78 is 3.03. The van der Waals surface area contributed by atoms with Crippen LogP contribution >= 0.6 is 22.9 Å². The van der Waals surface area contributed by atoms with Crippen molar-refractivity contribution in [2.75, 3.05) is 18.0 Å². The molecular formula is C17H21ClN6S. The van der Waals surface area contributed by atoms with Gasteiger partial charge in [-0.15, -0.1) is 0 Å². The SMILES string of the molecule is C[C@H](Cn1cncn1)NC1CCN(c2nc3ccc(Cl)cc3s2)CC1. The summed E-state index contributed by atoms with van der Waals surface area (Å²) in [5.41, 5.74) is 1.03. The topological polar surface area (TPSA) is 58.9 Å². The Morgan fingerprint density at radius 2 is 2.20 bits per heavy atom. The van der Waals surface area contributed by atoms with Gasteiger partial charge in [-0.05, 0) is 38.0 Å². The summed E-state index contributed by atoms with van der Waals surface area (Å²) in [6, 6.07) is 6.82. The molecule has 1 aliphatic heterocycles. The van der Waals surface area contributed by atoms with Crippen LogP contribution in [0.2, 0.25) is 5.02 Å². The van der Waals surface area contributed by atoms with Crippen LogP contribution in [0, 0.1) is 0 Å². The summed E-state index contributed by atoms with van der Waals surface area (Å²) in [4.78, 5) is 11.1. The molecule has 1 aromatic carbocycles. The largest absolute Gasteiger partial charge is 0.348 e. The van der Waals surface area contributed by atoms with Crippen molar-refractivity contribution >= 4 is 38.3 Å². The average molecular weight is 377 g/mol. The first-order valence-electron chi connectivity index (χ1n) is 8.57. The van der Waals surface area contributed by atoms with Crippen LogP contribution in [0.3, 0.4) is 0 Å². The second-order valence-electron chi connectivity index (χ2n) is 6.56. The van der Waals surface area contributed by atoms with Crippen LogP contribution in [0.1, 0.15) is 19.8 Å². The zero-order valence-corrected chi connectivity index (χ0v) is 15.7. The Bertz CT molecular complexity index is 825. The van der Waals surface area contributed by atoms with E-state index in [-0.39, 0.29) is 0 Å². The summed E-state index contributed by atoms with van der Waals surface area (Å²) in [6.07, 6.45) is 5.59. The average Bonchev–Trinajstić information content (AvgIpc) is 3.24. The highest BCUT2D eigenvalue weighted by Gasteiger charge is 2.22. The predicted molar refractivity (Wildman–Crippen MR) is 102 cm³/mol. The number of fused-ring (bicyclic) bond motifs is 1. The first-order chi connectivity index (χ1) is 12.2. The van der Waals surface area contributed by atoms with Crippen LogP contribution in [0.25, 0.3) is 10.2 Å². The Labute approximate surface area is 155 Å². The van der Waals surface area contributed by atoms with Crippen molar-refractivity contribution in [3.8, 4) is 0 Å². The van der Waals surface area contributed by atoms with Gasteiger partial charge in [-0.1, -0.05) is 22.9 Å². The Hall–Kier alpha value is -1.70. The molecule has 1 N–H and O–H groups in total. The minimum Gasteiger partial charge on any atom is -0.348 e. The fraction of sp³-hybridized carbons (Fsp3) is 0.471. The second kappa shape index (κ2) is 7.27. The van der Waals surface area contributed by atoms with E-state index in [1.165, 1.54) is 0 Å². The van der Waals surface area contributed by atoms with E-state index in [1.807, 2.05) is 22.9 Å². The fourth-order valence-electron chi connectivity index (χ4n) is 3.32. The highest BCUT2D eigenvalue weighted by Crippen LogP contribution is 2.32. The molecular weight excluding hydrogens is 356 g/mol. The van der Waals surface area contributed by atoms with Crippen LogP contribution < -0.4 is 10.2 Å². The normalized spacial score (nSPS) is 17.3. The molecule has 1 fully saturated rings. The third-order valence-electron chi connectivity index (χ3n) is 4.55. The summed E-state index contributed by atoms with van der Waals surface area (Å²) in [7, 11) is 0. The number of anilines is 1. The van der Waals surface area contributed by atoms with Crippen molar-refractivity contribution in [1.82, 2.24) is 25.1 Å². The van der Waals surface area contributed by atoms with E-state index in [2.05, 4.69) is 27.2 Å². The lowest BCUT2D eigenvalue weighted by Gasteiger charge is -2.33. The zero-order chi connectivity index (χ0) is 17.2. The van der Waals surface area contributed by atoms with Crippen molar-refractivity contribution in [3.05, 3.63) is 35.9 Å². The Morgan fingerprint density at radius 3 is 2.96 bits per heavy atom. The van der Waals surface area contributed by atoms with E-state index in [0.717, 1.165) is 52.8 Å². The number of piperidine rings is 1. The number of halogens is 1. The van der Waals surface area contributed by atoms with Crippen LogP contribution in [0.5, 0.6) is 0 Å². The van der Waals surface area contributed by atoms with E-state index in [0.29, 0.717) is 12.1 Å². The zero-order valence-electron chi connectivity index (χ0n) is 14.1. The van der Waals surface area contributed by atoms with Gasteiger partial charge in [0.15, 0.2) is 5.13 Å². The van der Waals surface area contributed by atoms with Gasteiger partial charge >= 0.3 is 0 Å². The quantitative estimate of drug-likeness (QED) is 0.741. The summed E-state index contributed by atoms with van der Waals surface area (Å²) in [6.45, 7) is 5.10. The van der Waals surface area contributed by atoms with Gasteiger partial charge in [-0.25, -0.2) is 9.97 Å². The van der Waals surface area contributed by atoms with Crippen LogP contribution in [0.4, 0.5) is 5.13 Å². The summed E-state index contributed by atoms with van der Waals surface area (Å²) in [5, 5.41) is 9.76. The van der Waals surface area contributed by atoms with Crippen molar-refractivity contribution in [2.45, 2.75) is 38.4 Å². The maximum absolute atomic E-state index is 6.08.